The standard InChI is InChI=1S/C12H11NO2S/c14-8-13-12(11-5-2-6-16-11)9-3-1-4-10(15)7-9/h1-8,12,15H,(H,13,14). The lowest BCUT2D eigenvalue weighted by molar-refractivity contribution is -0.109. The minimum absolute atomic E-state index is 0.190. The SMILES string of the molecule is O=CNC(c1cccc(O)c1)c1cccs1. The lowest BCUT2D eigenvalue weighted by atomic mass is 10.1. The molecule has 2 N–H and O–H groups in total. The van der Waals surface area contributed by atoms with Crippen LogP contribution in [0.2, 0.25) is 0 Å². The maximum Gasteiger partial charge on any atom is 0.207 e. The van der Waals surface area contributed by atoms with Crippen LogP contribution in [0.5, 0.6) is 5.75 Å². The fourth-order valence-electron chi connectivity index (χ4n) is 1.57. The second-order valence-electron chi connectivity index (χ2n) is 3.33. The van der Waals surface area contributed by atoms with E-state index >= 15 is 0 Å². The molecule has 1 unspecified atom stereocenters. The van der Waals surface area contributed by atoms with Gasteiger partial charge in [-0.05, 0) is 29.1 Å². The van der Waals surface area contributed by atoms with Crippen molar-refractivity contribution in [2.45, 2.75) is 6.04 Å². The molecule has 82 valence electrons. The van der Waals surface area contributed by atoms with Crippen LogP contribution in [0.15, 0.2) is 41.8 Å². The Balaban J connectivity index is 2.36. The molecule has 0 fully saturated rings. The molecule has 0 spiro atoms. The van der Waals surface area contributed by atoms with Crippen molar-refractivity contribution in [2.75, 3.05) is 0 Å². The van der Waals surface area contributed by atoms with E-state index in [1.165, 1.54) is 0 Å². The summed E-state index contributed by atoms with van der Waals surface area (Å²) >= 11 is 1.57. The molecule has 2 rings (SSSR count). The topological polar surface area (TPSA) is 49.3 Å². The van der Waals surface area contributed by atoms with E-state index in [1.807, 2.05) is 23.6 Å². The van der Waals surface area contributed by atoms with Gasteiger partial charge < -0.3 is 10.4 Å². The number of thiophene rings is 1. The summed E-state index contributed by atoms with van der Waals surface area (Å²) < 4.78 is 0. The molecule has 0 aliphatic carbocycles. The summed E-state index contributed by atoms with van der Waals surface area (Å²) in [5.41, 5.74) is 0.870. The average Bonchev–Trinajstić information content (AvgIpc) is 2.79. The highest BCUT2D eigenvalue weighted by molar-refractivity contribution is 7.10. The summed E-state index contributed by atoms with van der Waals surface area (Å²) in [6, 6.07) is 10.6. The molecule has 1 heterocycles. The van der Waals surface area contributed by atoms with Gasteiger partial charge in [0.2, 0.25) is 6.41 Å². The van der Waals surface area contributed by atoms with E-state index < -0.39 is 0 Å². The van der Waals surface area contributed by atoms with Gasteiger partial charge in [-0.2, -0.15) is 0 Å². The first-order valence-electron chi connectivity index (χ1n) is 4.83. The Morgan fingerprint density at radius 2 is 2.19 bits per heavy atom. The predicted octanol–water partition coefficient (Wildman–Crippen LogP) is 2.29. The highest BCUT2D eigenvalue weighted by Gasteiger charge is 2.14. The van der Waals surface area contributed by atoms with E-state index in [0.717, 1.165) is 10.4 Å². The van der Waals surface area contributed by atoms with Crippen molar-refractivity contribution in [3.05, 3.63) is 52.2 Å². The van der Waals surface area contributed by atoms with Gasteiger partial charge in [0.15, 0.2) is 0 Å². The summed E-state index contributed by atoms with van der Waals surface area (Å²) in [5, 5.41) is 14.1. The van der Waals surface area contributed by atoms with Gasteiger partial charge in [-0.3, -0.25) is 4.79 Å². The van der Waals surface area contributed by atoms with Crippen LogP contribution in [-0.4, -0.2) is 11.5 Å². The van der Waals surface area contributed by atoms with E-state index in [4.69, 9.17) is 0 Å². The zero-order valence-corrected chi connectivity index (χ0v) is 9.28. The molecule has 1 aromatic heterocycles. The Morgan fingerprint density at radius 1 is 1.31 bits per heavy atom. The predicted molar refractivity (Wildman–Crippen MR) is 63.5 cm³/mol. The first-order chi connectivity index (χ1) is 7.81. The van der Waals surface area contributed by atoms with Crippen molar-refractivity contribution in [3.8, 4) is 5.75 Å². The molecule has 16 heavy (non-hydrogen) atoms. The number of aromatic hydroxyl groups is 1. The molecule has 1 amide bonds. The van der Waals surface area contributed by atoms with Crippen LogP contribution in [0.3, 0.4) is 0 Å². The number of hydrogen-bond acceptors (Lipinski definition) is 3. The monoisotopic (exact) mass is 233 g/mol. The van der Waals surface area contributed by atoms with E-state index in [0.29, 0.717) is 6.41 Å². The molecule has 0 radical (unpaired) electrons. The molecule has 3 nitrogen and oxygen atoms in total. The van der Waals surface area contributed by atoms with Crippen molar-refractivity contribution in [1.29, 1.82) is 0 Å². The largest absolute Gasteiger partial charge is 0.508 e. The summed E-state index contributed by atoms with van der Waals surface area (Å²) in [6.07, 6.45) is 0.675. The summed E-state index contributed by atoms with van der Waals surface area (Å²) in [6.45, 7) is 0. The molecular formula is C12H11NO2S. The third-order valence-electron chi connectivity index (χ3n) is 2.27. The number of hydrogen-bond donors (Lipinski definition) is 2. The smallest absolute Gasteiger partial charge is 0.207 e. The summed E-state index contributed by atoms with van der Waals surface area (Å²) in [4.78, 5) is 11.6. The number of phenols is 1. The second-order valence-corrected chi connectivity index (χ2v) is 4.31. The van der Waals surface area contributed by atoms with Gasteiger partial charge in [0.25, 0.3) is 0 Å². The van der Waals surface area contributed by atoms with Gasteiger partial charge >= 0.3 is 0 Å². The first kappa shape index (κ1) is 10.7. The van der Waals surface area contributed by atoms with E-state index in [1.54, 1.807) is 29.5 Å². The lowest BCUT2D eigenvalue weighted by Gasteiger charge is -2.14. The Hall–Kier alpha value is -1.81. The van der Waals surface area contributed by atoms with E-state index in [2.05, 4.69) is 5.32 Å². The van der Waals surface area contributed by atoms with Crippen LogP contribution >= 0.6 is 11.3 Å². The molecule has 0 saturated heterocycles. The van der Waals surface area contributed by atoms with Crippen molar-refractivity contribution in [1.82, 2.24) is 5.32 Å². The quantitative estimate of drug-likeness (QED) is 0.796. The minimum Gasteiger partial charge on any atom is -0.508 e. The fourth-order valence-corrected chi connectivity index (χ4v) is 2.38. The van der Waals surface area contributed by atoms with Gasteiger partial charge in [0.1, 0.15) is 5.75 Å². The molecular weight excluding hydrogens is 222 g/mol. The van der Waals surface area contributed by atoms with Crippen LogP contribution in [0.25, 0.3) is 0 Å². The third kappa shape index (κ3) is 2.23. The minimum atomic E-state index is -0.190. The molecule has 0 aliphatic rings. The van der Waals surface area contributed by atoms with Gasteiger partial charge in [-0.15, -0.1) is 11.3 Å². The van der Waals surface area contributed by atoms with Gasteiger partial charge in [0, 0.05) is 4.88 Å². The maximum atomic E-state index is 10.6. The van der Waals surface area contributed by atoms with Gasteiger partial charge in [0.05, 0.1) is 6.04 Å². The van der Waals surface area contributed by atoms with Crippen molar-refractivity contribution in [2.24, 2.45) is 0 Å². The van der Waals surface area contributed by atoms with Gasteiger partial charge in [-0.25, -0.2) is 0 Å². The van der Waals surface area contributed by atoms with Gasteiger partial charge in [-0.1, -0.05) is 18.2 Å². The highest BCUT2D eigenvalue weighted by Crippen LogP contribution is 2.27. The highest BCUT2D eigenvalue weighted by atomic mass is 32.1. The normalized spacial score (nSPS) is 12.0. The number of nitrogens with one attached hydrogen (secondary N) is 1. The number of amides is 1. The Bertz CT molecular complexity index is 468. The summed E-state index contributed by atoms with van der Waals surface area (Å²) in [7, 11) is 0. The molecule has 2 aromatic rings. The maximum absolute atomic E-state index is 10.6. The van der Waals surface area contributed by atoms with Crippen LogP contribution in [0.1, 0.15) is 16.5 Å². The number of carbonyl (C=O) groups excluding carboxylic acids is 1. The lowest BCUT2D eigenvalue weighted by Crippen LogP contribution is -2.19. The zero-order valence-electron chi connectivity index (χ0n) is 8.46. The van der Waals surface area contributed by atoms with E-state index in [9.17, 15) is 9.90 Å². The first-order valence-corrected chi connectivity index (χ1v) is 5.71. The second kappa shape index (κ2) is 4.81. The molecule has 0 saturated carbocycles. The molecule has 0 bridgehead atoms. The third-order valence-corrected chi connectivity index (χ3v) is 3.20. The Morgan fingerprint density at radius 3 is 2.81 bits per heavy atom. The van der Waals surface area contributed by atoms with Crippen molar-refractivity contribution in [3.63, 3.8) is 0 Å². The van der Waals surface area contributed by atoms with Crippen LogP contribution < -0.4 is 5.32 Å². The van der Waals surface area contributed by atoms with Crippen LogP contribution in [-0.2, 0) is 4.79 Å². The Kier molecular flexibility index (Phi) is 3.22. The Labute approximate surface area is 97.4 Å². The van der Waals surface area contributed by atoms with Crippen LogP contribution in [0.4, 0.5) is 0 Å². The van der Waals surface area contributed by atoms with Crippen LogP contribution in [0, 0.1) is 0 Å². The zero-order chi connectivity index (χ0) is 11.4. The van der Waals surface area contributed by atoms with Crippen molar-refractivity contribution >= 4 is 17.7 Å². The number of phenolic OH excluding ortho intramolecular Hbond substituents is 1. The number of benzene rings is 1. The number of rotatable bonds is 4. The molecule has 1 atom stereocenters. The average molecular weight is 233 g/mol. The van der Waals surface area contributed by atoms with Crippen molar-refractivity contribution < 1.29 is 9.90 Å². The van der Waals surface area contributed by atoms with E-state index in [-0.39, 0.29) is 11.8 Å². The fraction of sp³-hybridized carbons (Fsp3) is 0.0833. The molecule has 4 heteroatoms. The molecule has 1 aromatic carbocycles. The number of carbonyl (C=O) groups is 1. The molecule has 0 aliphatic heterocycles. The summed E-state index contributed by atoms with van der Waals surface area (Å²) in [5.74, 6) is 0.201.